The van der Waals surface area contributed by atoms with E-state index in [1.807, 2.05) is 0 Å². The molecule has 29 heavy (non-hydrogen) atoms. The Bertz CT molecular complexity index is 693. The van der Waals surface area contributed by atoms with Crippen LogP contribution in [0, 0.1) is 0 Å². The molecule has 4 N–H and O–H groups in total. The second-order valence-electron chi connectivity index (χ2n) is 6.92. The SMILES string of the molecule is CC(C)(C)OC(=O)NCC(=O)NCC(=O)NCC(=O)NCCN1C(=O)C=CC1=O. The molecule has 0 aliphatic carbocycles. The number of carbonyl (C=O) groups excluding carboxylic acids is 6. The van der Waals surface area contributed by atoms with Crippen molar-refractivity contribution in [1.29, 1.82) is 0 Å². The van der Waals surface area contributed by atoms with Crippen LogP contribution in [0.15, 0.2) is 12.2 Å². The first-order valence-corrected chi connectivity index (χ1v) is 8.78. The predicted molar refractivity (Wildman–Crippen MR) is 99.1 cm³/mol. The molecule has 0 unspecified atom stereocenters. The summed E-state index contributed by atoms with van der Waals surface area (Å²) in [6.07, 6.45) is 1.52. The molecule has 160 valence electrons. The predicted octanol–water partition coefficient (Wildman–Crippen LogP) is -2.22. The Morgan fingerprint density at radius 1 is 0.828 bits per heavy atom. The van der Waals surface area contributed by atoms with Crippen molar-refractivity contribution in [1.82, 2.24) is 26.2 Å². The number of alkyl carbamates (subject to hydrolysis) is 1. The largest absolute Gasteiger partial charge is 0.444 e. The van der Waals surface area contributed by atoms with Gasteiger partial charge in [-0.15, -0.1) is 0 Å². The lowest BCUT2D eigenvalue weighted by Crippen LogP contribution is -2.45. The molecule has 12 nitrogen and oxygen atoms in total. The first-order valence-electron chi connectivity index (χ1n) is 8.78. The number of nitrogens with zero attached hydrogens (tertiary/aromatic N) is 1. The molecule has 0 fully saturated rings. The molecule has 0 atom stereocenters. The maximum atomic E-state index is 11.6. The summed E-state index contributed by atoms with van der Waals surface area (Å²) < 4.78 is 4.96. The normalized spacial score (nSPS) is 13.1. The molecule has 6 amide bonds. The van der Waals surface area contributed by atoms with E-state index in [-0.39, 0.29) is 32.7 Å². The van der Waals surface area contributed by atoms with Gasteiger partial charge in [-0.25, -0.2) is 4.79 Å². The summed E-state index contributed by atoms with van der Waals surface area (Å²) in [7, 11) is 0. The van der Waals surface area contributed by atoms with Gasteiger partial charge in [0.05, 0.1) is 13.1 Å². The zero-order valence-electron chi connectivity index (χ0n) is 16.5. The fourth-order valence-electron chi connectivity index (χ4n) is 1.97. The average molecular weight is 411 g/mol. The van der Waals surface area contributed by atoms with E-state index >= 15 is 0 Å². The Labute approximate surface area is 167 Å². The van der Waals surface area contributed by atoms with E-state index in [1.54, 1.807) is 20.8 Å². The van der Waals surface area contributed by atoms with Crippen LogP contribution in [-0.2, 0) is 28.7 Å². The standard InChI is InChI=1S/C17H25N5O7/c1-17(2,3)29-16(28)21-10-13(25)20-9-12(24)19-8-11(23)18-6-7-22-14(26)4-5-15(22)27/h4-5H,6-10H2,1-3H3,(H,18,23)(H,19,24)(H,20,25)(H,21,28). The molecule has 1 aliphatic rings. The van der Waals surface area contributed by atoms with E-state index in [0.29, 0.717) is 0 Å². The Hall–Kier alpha value is -3.44. The van der Waals surface area contributed by atoms with Gasteiger partial charge in [0.2, 0.25) is 17.7 Å². The zero-order valence-corrected chi connectivity index (χ0v) is 16.5. The Balaban J connectivity index is 2.12. The third-order valence-electron chi connectivity index (χ3n) is 3.24. The van der Waals surface area contributed by atoms with Crippen LogP contribution in [0.3, 0.4) is 0 Å². The van der Waals surface area contributed by atoms with E-state index in [1.165, 1.54) is 0 Å². The van der Waals surface area contributed by atoms with Gasteiger partial charge >= 0.3 is 6.09 Å². The quantitative estimate of drug-likeness (QED) is 0.312. The number of hydrogen-bond donors (Lipinski definition) is 4. The Morgan fingerprint density at radius 2 is 1.28 bits per heavy atom. The molecule has 1 heterocycles. The highest BCUT2D eigenvalue weighted by Crippen LogP contribution is 2.06. The molecule has 0 aromatic carbocycles. The van der Waals surface area contributed by atoms with Gasteiger partial charge in [-0.05, 0) is 20.8 Å². The first kappa shape index (κ1) is 23.6. The highest BCUT2D eigenvalue weighted by Gasteiger charge is 2.22. The van der Waals surface area contributed by atoms with Gasteiger partial charge in [-0.1, -0.05) is 0 Å². The molecule has 1 aliphatic heterocycles. The van der Waals surface area contributed by atoms with Crippen molar-refractivity contribution in [2.75, 3.05) is 32.7 Å². The number of hydrogen-bond acceptors (Lipinski definition) is 7. The van der Waals surface area contributed by atoms with Crippen LogP contribution in [0.2, 0.25) is 0 Å². The molecule has 0 saturated heterocycles. The van der Waals surface area contributed by atoms with Crippen LogP contribution >= 0.6 is 0 Å². The van der Waals surface area contributed by atoms with Gasteiger partial charge in [0.1, 0.15) is 12.1 Å². The van der Waals surface area contributed by atoms with E-state index in [9.17, 15) is 28.8 Å². The van der Waals surface area contributed by atoms with Crippen molar-refractivity contribution < 1.29 is 33.5 Å². The van der Waals surface area contributed by atoms with Crippen LogP contribution < -0.4 is 21.3 Å². The molecular formula is C17H25N5O7. The third kappa shape index (κ3) is 9.89. The monoisotopic (exact) mass is 411 g/mol. The fraction of sp³-hybridized carbons (Fsp3) is 0.529. The second-order valence-corrected chi connectivity index (χ2v) is 6.92. The smallest absolute Gasteiger partial charge is 0.408 e. The lowest BCUT2D eigenvalue weighted by atomic mass is 10.2. The lowest BCUT2D eigenvalue weighted by molar-refractivity contribution is -0.137. The summed E-state index contributed by atoms with van der Waals surface area (Å²) in [5.41, 5.74) is -0.697. The number of imide groups is 1. The van der Waals surface area contributed by atoms with Crippen LogP contribution in [0.5, 0.6) is 0 Å². The minimum absolute atomic E-state index is 0.0189. The van der Waals surface area contributed by atoms with Gasteiger partial charge in [-0.2, -0.15) is 0 Å². The molecule has 0 aromatic heterocycles. The van der Waals surface area contributed by atoms with Crippen molar-refractivity contribution in [2.45, 2.75) is 26.4 Å². The fourth-order valence-corrected chi connectivity index (χ4v) is 1.97. The number of nitrogens with one attached hydrogen (secondary N) is 4. The van der Waals surface area contributed by atoms with Gasteiger partial charge in [0, 0.05) is 25.2 Å². The lowest BCUT2D eigenvalue weighted by Gasteiger charge is -2.19. The van der Waals surface area contributed by atoms with Crippen molar-refractivity contribution in [2.24, 2.45) is 0 Å². The summed E-state index contributed by atoms with van der Waals surface area (Å²) in [6.45, 7) is 3.99. The maximum Gasteiger partial charge on any atom is 0.408 e. The molecular weight excluding hydrogens is 386 g/mol. The first-order chi connectivity index (χ1) is 13.5. The maximum absolute atomic E-state index is 11.6. The molecule has 0 saturated carbocycles. The van der Waals surface area contributed by atoms with Crippen LogP contribution in [0.25, 0.3) is 0 Å². The summed E-state index contributed by atoms with van der Waals surface area (Å²) in [5.74, 6) is -2.64. The van der Waals surface area contributed by atoms with Crippen molar-refractivity contribution in [3.8, 4) is 0 Å². The summed E-state index contributed by atoms with van der Waals surface area (Å²) >= 11 is 0. The second kappa shape index (κ2) is 10.8. The molecule has 12 heteroatoms. The van der Waals surface area contributed by atoms with Crippen molar-refractivity contribution in [3.05, 3.63) is 12.2 Å². The Kier molecular flexibility index (Phi) is 8.77. The summed E-state index contributed by atoms with van der Waals surface area (Å²) in [6, 6.07) is 0. The third-order valence-corrected chi connectivity index (χ3v) is 3.24. The molecule has 0 radical (unpaired) electrons. The molecule has 0 aromatic rings. The van der Waals surface area contributed by atoms with Gasteiger partial charge in [-0.3, -0.25) is 28.9 Å². The summed E-state index contributed by atoms with van der Waals surface area (Å²) in [4.78, 5) is 69.9. The van der Waals surface area contributed by atoms with Crippen molar-refractivity contribution in [3.63, 3.8) is 0 Å². The van der Waals surface area contributed by atoms with E-state index in [2.05, 4.69) is 21.3 Å². The minimum atomic E-state index is -0.762. The summed E-state index contributed by atoms with van der Waals surface area (Å²) in [5, 5.41) is 9.25. The van der Waals surface area contributed by atoms with Gasteiger partial charge in [0.15, 0.2) is 0 Å². The van der Waals surface area contributed by atoms with Crippen LogP contribution in [0.4, 0.5) is 4.79 Å². The minimum Gasteiger partial charge on any atom is -0.444 e. The van der Waals surface area contributed by atoms with E-state index in [0.717, 1.165) is 17.1 Å². The molecule has 0 spiro atoms. The van der Waals surface area contributed by atoms with Gasteiger partial charge in [0.25, 0.3) is 11.8 Å². The van der Waals surface area contributed by atoms with Gasteiger partial charge < -0.3 is 26.0 Å². The zero-order chi connectivity index (χ0) is 22.0. The average Bonchev–Trinajstić information content (AvgIpc) is 2.93. The Morgan fingerprint density at radius 3 is 1.76 bits per heavy atom. The van der Waals surface area contributed by atoms with Crippen LogP contribution in [-0.4, -0.2) is 78.9 Å². The number of ether oxygens (including phenoxy) is 1. The van der Waals surface area contributed by atoms with Crippen molar-refractivity contribution >= 4 is 35.6 Å². The van der Waals surface area contributed by atoms with E-state index < -0.39 is 41.2 Å². The topological polar surface area (TPSA) is 163 Å². The molecule has 1 rings (SSSR count). The number of rotatable bonds is 9. The van der Waals surface area contributed by atoms with E-state index in [4.69, 9.17) is 4.74 Å². The van der Waals surface area contributed by atoms with Crippen LogP contribution in [0.1, 0.15) is 20.8 Å². The highest BCUT2D eigenvalue weighted by molar-refractivity contribution is 6.12. The number of amides is 6. The molecule has 0 bridgehead atoms. The number of carbonyl (C=O) groups is 6. The highest BCUT2D eigenvalue weighted by atomic mass is 16.6.